The first-order valence-corrected chi connectivity index (χ1v) is 12.1. The second kappa shape index (κ2) is 8.98. The molecule has 1 aliphatic carbocycles. The first kappa shape index (κ1) is 22.2. The van der Waals surface area contributed by atoms with Crippen LogP contribution in [0.2, 0.25) is 0 Å². The van der Waals surface area contributed by atoms with Crippen molar-refractivity contribution in [2.45, 2.75) is 49.4 Å². The van der Waals surface area contributed by atoms with Gasteiger partial charge in [-0.3, -0.25) is 14.9 Å². The van der Waals surface area contributed by atoms with E-state index in [1.165, 1.54) is 23.4 Å². The van der Waals surface area contributed by atoms with Crippen molar-refractivity contribution in [2.75, 3.05) is 0 Å². The molecule has 172 valence electrons. The summed E-state index contributed by atoms with van der Waals surface area (Å²) in [7, 11) is 0. The van der Waals surface area contributed by atoms with Gasteiger partial charge < -0.3 is 0 Å². The van der Waals surface area contributed by atoms with Crippen LogP contribution in [0.4, 0.5) is 5.69 Å². The van der Waals surface area contributed by atoms with Crippen molar-refractivity contribution in [1.29, 1.82) is 0 Å². The monoisotopic (exact) mass is 473 g/mol. The van der Waals surface area contributed by atoms with Crippen molar-refractivity contribution in [2.24, 2.45) is 0 Å². The Bertz CT molecular complexity index is 1400. The molecule has 0 saturated heterocycles. The van der Waals surface area contributed by atoms with Crippen LogP contribution in [0.3, 0.4) is 0 Å². The molecule has 34 heavy (non-hydrogen) atoms. The second-order valence-corrected chi connectivity index (χ2v) is 9.73. The summed E-state index contributed by atoms with van der Waals surface area (Å²) in [5.41, 5.74) is 4.72. The lowest BCUT2D eigenvalue weighted by atomic mass is 9.81. The quantitative estimate of drug-likeness (QED) is 0.211. The fourth-order valence-corrected chi connectivity index (χ4v) is 5.05. The van der Waals surface area contributed by atoms with E-state index in [-0.39, 0.29) is 17.4 Å². The molecule has 1 unspecified atom stereocenters. The highest BCUT2D eigenvalue weighted by Gasteiger charge is 2.29. The Hall–Kier alpha value is -3.59. The smallest absolute Gasteiger partial charge is 0.269 e. The van der Waals surface area contributed by atoms with Gasteiger partial charge in [0.1, 0.15) is 0 Å². The van der Waals surface area contributed by atoms with Crippen LogP contribution in [0.15, 0.2) is 59.9 Å². The topological polar surface area (TPSA) is 103 Å². The summed E-state index contributed by atoms with van der Waals surface area (Å²) in [6, 6.07) is 15.1. The van der Waals surface area contributed by atoms with E-state index in [4.69, 9.17) is 0 Å². The zero-order valence-corrected chi connectivity index (χ0v) is 19.7. The van der Waals surface area contributed by atoms with Crippen molar-refractivity contribution < 1.29 is 9.72 Å². The number of nitrogens with zero attached hydrogens (tertiary/aromatic N) is 5. The molecule has 5 rings (SSSR count). The summed E-state index contributed by atoms with van der Waals surface area (Å²) in [5.74, 6) is 1.54. The maximum absolute atomic E-state index is 12.9. The number of thioether (sulfide) groups is 1. The van der Waals surface area contributed by atoms with E-state index in [1.807, 2.05) is 6.07 Å². The Morgan fingerprint density at radius 2 is 1.97 bits per heavy atom. The van der Waals surface area contributed by atoms with Crippen molar-refractivity contribution in [1.82, 2.24) is 19.6 Å². The number of non-ortho nitro benzene ring substituents is 1. The number of rotatable bonds is 6. The zero-order valence-electron chi connectivity index (χ0n) is 18.8. The summed E-state index contributed by atoms with van der Waals surface area (Å²) in [4.78, 5) is 32.4. The first-order chi connectivity index (χ1) is 16.4. The molecule has 2 aromatic heterocycles. The number of carbonyl (C=O) groups is 1. The summed E-state index contributed by atoms with van der Waals surface area (Å²) < 4.78 is 1.68. The molecule has 8 nitrogen and oxygen atoms in total. The molecule has 0 aliphatic heterocycles. The molecule has 0 N–H and O–H groups in total. The number of hydrogen-bond donors (Lipinski definition) is 0. The van der Waals surface area contributed by atoms with Gasteiger partial charge in [0.25, 0.3) is 11.5 Å². The molecular formula is C25H23N5O3S. The van der Waals surface area contributed by atoms with Crippen LogP contribution >= 0.6 is 11.8 Å². The van der Waals surface area contributed by atoms with E-state index in [0.29, 0.717) is 41.0 Å². The minimum absolute atomic E-state index is 0.0581. The Morgan fingerprint density at radius 3 is 2.71 bits per heavy atom. The molecule has 4 aromatic rings. The lowest BCUT2D eigenvalue weighted by Crippen LogP contribution is -2.22. The molecule has 2 aromatic carbocycles. The van der Waals surface area contributed by atoms with Crippen LogP contribution in [0.25, 0.3) is 5.78 Å². The lowest BCUT2D eigenvalue weighted by molar-refractivity contribution is -0.384. The van der Waals surface area contributed by atoms with Crippen molar-refractivity contribution in [3.8, 4) is 0 Å². The maximum atomic E-state index is 12.9. The van der Waals surface area contributed by atoms with Crippen LogP contribution in [0, 0.1) is 10.1 Å². The lowest BCUT2D eigenvalue weighted by Gasteiger charge is -2.24. The van der Waals surface area contributed by atoms with E-state index >= 15 is 0 Å². The largest absolute Gasteiger partial charge is 0.294 e. The summed E-state index contributed by atoms with van der Waals surface area (Å²) in [5, 5.41) is 16.2. The molecule has 0 spiro atoms. The number of carbonyl (C=O) groups excluding carboxylic acids is 1. The number of ketones is 1. The van der Waals surface area contributed by atoms with Gasteiger partial charge in [0, 0.05) is 30.5 Å². The van der Waals surface area contributed by atoms with Gasteiger partial charge >= 0.3 is 0 Å². The molecule has 2 heterocycles. The molecule has 0 saturated carbocycles. The summed E-state index contributed by atoms with van der Waals surface area (Å²) in [6.07, 6.45) is 2.73. The highest BCUT2D eigenvalue weighted by atomic mass is 32.2. The van der Waals surface area contributed by atoms with Crippen LogP contribution in [0.1, 0.15) is 64.8 Å². The van der Waals surface area contributed by atoms with Gasteiger partial charge in [-0.1, -0.05) is 62.0 Å². The minimum Gasteiger partial charge on any atom is -0.294 e. The number of fused-ring (bicyclic) bond motifs is 3. The van der Waals surface area contributed by atoms with E-state index in [2.05, 4.69) is 53.2 Å². The average Bonchev–Trinajstić information content (AvgIpc) is 3.26. The van der Waals surface area contributed by atoms with Crippen LogP contribution in [-0.2, 0) is 12.2 Å². The third kappa shape index (κ3) is 4.31. The predicted molar refractivity (Wildman–Crippen MR) is 129 cm³/mol. The minimum atomic E-state index is -0.405. The molecular weight excluding hydrogens is 450 g/mol. The Balaban J connectivity index is 1.40. The number of hydrogen-bond acceptors (Lipinski definition) is 7. The van der Waals surface area contributed by atoms with Gasteiger partial charge in [-0.25, -0.2) is 4.98 Å². The Kier molecular flexibility index (Phi) is 5.87. The summed E-state index contributed by atoms with van der Waals surface area (Å²) >= 11 is 1.38. The number of Topliss-reactive ketones (excluding diaryl/α,β-unsaturated/α-hetero) is 1. The van der Waals surface area contributed by atoms with Gasteiger partial charge in [0.15, 0.2) is 5.78 Å². The molecule has 0 bridgehead atoms. The Morgan fingerprint density at radius 1 is 1.18 bits per heavy atom. The van der Waals surface area contributed by atoms with Gasteiger partial charge in [-0.05, 0) is 34.9 Å². The van der Waals surface area contributed by atoms with Crippen LogP contribution in [0.5, 0.6) is 0 Å². The predicted octanol–water partition coefficient (Wildman–Crippen LogP) is 5.36. The van der Waals surface area contributed by atoms with E-state index in [0.717, 1.165) is 16.8 Å². The number of benzene rings is 2. The maximum Gasteiger partial charge on any atom is 0.269 e. The molecule has 9 heteroatoms. The third-order valence-corrected chi connectivity index (χ3v) is 7.09. The molecule has 0 radical (unpaired) electrons. The average molecular weight is 474 g/mol. The van der Waals surface area contributed by atoms with E-state index in [1.54, 1.807) is 22.8 Å². The fraction of sp³-hybridized carbons (Fsp3) is 0.280. The molecule has 0 fully saturated rings. The standard InChI is InChI=1S/C25H23N5O3S/c1-15(2)17-6-8-18(9-7-17)19-11-22-21(23(31)12-19)13-26-24-27-25(28-29(22)24)34-14-16-4-3-5-20(10-16)30(32)33/h3-10,13,15,19H,11-12,14H2,1-2H3. The normalized spacial score (nSPS) is 15.6. The van der Waals surface area contributed by atoms with Crippen LogP contribution < -0.4 is 0 Å². The fourth-order valence-electron chi connectivity index (χ4n) is 4.29. The molecule has 1 atom stereocenters. The SMILES string of the molecule is CC(C)c1ccc(C2CC(=O)c3cnc4nc(SCc5cccc([N+](=O)[O-])c5)nn4c3C2)cc1. The number of aromatic nitrogens is 4. The molecule has 1 aliphatic rings. The van der Waals surface area contributed by atoms with Gasteiger partial charge in [0.2, 0.25) is 5.16 Å². The van der Waals surface area contributed by atoms with Crippen LogP contribution in [-0.4, -0.2) is 30.3 Å². The van der Waals surface area contributed by atoms with E-state index in [9.17, 15) is 14.9 Å². The van der Waals surface area contributed by atoms with Gasteiger partial charge in [-0.2, -0.15) is 9.50 Å². The van der Waals surface area contributed by atoms with E-state index < -0.39 is 4.92 Å². The second-order valence-electron chi connectivity index (χ2n) is 8.79. The number of nitro benzene ring substituents is 1. The van der Waals surface area contributed by atoms with Gasteiger partial charge in [0.05, 0.1) is 16.2 Å². The highest BCUT2D eigenvalue weighted by Crippen LogP contribution is 2.33. The third-order valence-electron chi connectivity index (χ3n) is 6.18. The van der Waals surface area contributed by atoms with Crippen molar-refractivity contribution in [3.63, 3.8) is 0 Å². The Labute approximate surface area is 200 Å². The summed E-state index contributed by atoms with van der Waals surface area (Å²) in [6.45, 7) is 4.33. The highest BCUT2D eigenvalue weighted by molar-refractivity contribution is 7.98. The van der Waals surface area contributed by atoms with Crippen molar-refractivity contribution in [3.05, 3.63) is 92.8 Å². The van der Waals surface area contributed by atoms with Crippen molar-refractivity contribution >= 4 is 29.0 Å². The number of nitro groups is 1. The van der Waals surface area contributed by atoms with Gasteiger partial charge in [-0.15, -0.1) is 5.10 Å². The first-order valence-electron chi connectivity index (χ1n) is 11.1. The molecule has 0 amide bonds. The zero-order chi connectivity index (χ0) is 23.8.